The van der Waals surface area contributed by atoms with Gasteiger partial charge < -0.3 is 21.1 Å². The first-order valence-corrected chi connectivity index (χ1v) is 11.3. The van der Waals surface area contributed by atoms with Crippen LogP contribution in [0.25, 0.3) is 0 Å². The molecule has 0 bridgehead atoms. The second-order valence-electron chi connectivity index (χ2n) is 9.07. The van der Waals surface area contributed by atoms with Crippen LogP contribution in [0, 0.1) is 22.0 Å². The first kappa shape index (κ1) is 25.3. The molecule has 0 aromatic rings. The summed E-state index contributed by atoms with van der Waals surface area (Å²) in [5, 5.41) is 35.1. The molecule has 7 N–H and O–H groups in total. The molecule has 11 nitrogen and oxygen atoms in total. The molecule has 1 saturated heterocycles. The van der Waals surface area contributed by atoms with Crippen LogP contribution < -0.4 is 21.8 Å². The van der Waals surface area contributed by atoms with Gasteiger partial charge in [0.25, 0.3) is 5.96 Å². The monoisotopic (exact) mass is 440 g/mol. The lowest BCUT2D eigenvalue weighted by atomic mass is 9.76. The number of carbonyl (C=O) groups is 1. The molecule has 1 saturated carbocycles. The number of nitrogens with one attached hydrogen (secondary N) is 3. The highest BCUT2D eigenvalue weighted by atomic mass is 16.7. The Labute approximate surface area is 183 Å². The Balaban J connectivity index is 2.16. The fourth-order valence-corrected chi connectivity index (χ4v) is 4.71. The average Bonchev–Trinajstić information content (AvgIpc) is 3.40. The van der Waals surface area contributed by atoms with Crippen molar-refractivity contribution in [3.63, 3.8) is 0 Å². The number of hydrogen-bond donors (Lipinski definition) is 6. The number of nitrogens with zero attached hydrogens (tertiary/aromatic N) is 2. The van der Waals surface area contributed by atoms with Crippen LogP contribution in [0.15, 0.2) is 4.99 Å². The minimum Gasteiger partial charge on any atom is -0.427 e. The molecule has 0 aromatic carbocycles. The zero-order valence-corrected chi connectivity index (χ0v) is 18.5. The van der Waals surface area contributed by atoms with Crippen molar-refractivity contribution in [1.29, 1.82) is 0 Å². The number of hydrazine groups is 1. The van der Waals surface area contributed by atoms with Gasteiger partial charge in [-0.1, -0.05) is 51.4 Å². The standard InChI is InChI=1S/C19H37BN6O5/c1-13(2)15(12-20(28)29)23-17(27)19-14(10-11-22-18(21)25-26(30)31)8-6-4-3-5-7-9-16(19)24-19/h13-16,24,28-29H,3-12H2,1-2H3,(H,23,27)(H3,21,22,25)/t14?,15-,16?,19?/m0/s1. The molecule has 2 rings (SSSR count). The van der Waals surface area contributed by atoms with Gasteiger partial charge in [0.15, 0.2) is 5.03 Å². The normalized spacial score (nSPS) is 27.7. The van der Waals surface area contributed by atoms with Crippen LogP contribution in [0.1, 0.15) is 65.2 Å². The van der Waals surface area contributed by atoms with Crippen LogP contribution in [0.2, 0.25) is 6.32 Å². The summed E-state index contributed by atoms with van der Waals surface area (Å²) in [7, 11) is -1.49. The fraction of sp³-hybridized carbons (Fsp3) is 0.895. The van der Waals surface area contributed by atoms with Crippen molar-refractivity contribution in [2.24, 2.45) is 22.6 Å². The van der Waals surface area contributed by atoms with E-state index in [2.05, 4.69) is 15.6 Å². The Morgan fingerprint density at radius 2 is 1.94 bits per heavy atom. The summed E-state index contributed by atoms with van der Waals surface area (Å²) in [5.41, 5.74) is 6.65. The van der Waals surface area contributed by atoms with Gasteiger partial charge in [-0.15, -0.1) is 0 Å². The minimum absolute atomic E-state index is 0.00891. The number of nitro groups is 1. The molecule has 1 heterocycles. The molecule has 176 valence electrons. The van der Waals surface area contributed by atoms with E-state index >= 15 is 0 Å². The Bertz CT molecular complexity index is 649. The number of guanidine groups is 1. The molecule has 0 spiro atoms. The smallest absolute Gasteiger partial charge is 0.427 e. The van der Waals surface area contributed by atoms with Gasteiger partial charge in [0, 0.05) is 24.9 Å². The zero-order chi connectivity index (χ0) is 23.0. The van der Waals surface area contributed by atoms with E-state index in [9.17, 15) is 25.0 Å². The second kappa shape index (κ2) is 11.6. The lowest BCUT2D eigenvalue weighted by molar-refractivity contribution is -0.525. The highest BCUT2D eigenvalue weighted by Gasteiger charge is 2.63. The maximum absolute atomic E-state index is 13.5. The van der Waals surface area contributed by atoms with Crippen molar-refractivity contribution >= 4 is 19.0 Å². The summed E-state index contributed by atoms with van der Waals surface area (Å²) >= 11 is 0. The Kier molecular flexibility index (Phi) is 9.51. The first-order chi connectivity index (χ1) is 14.7. The highest BCUT2D eigenvalue weighted by Crippen LogP contribution is 2.43. The van der Waals surface area contributed by atoms with Crippen molar-refractivity contribution in [3.05, 3.63) is 10.1 Å². The molecule has 31 heavy (non-hydrogen) atoms. The van der Waals surface area contributed by atoms with Crippen LogP contribution in [0.3, 0.4) is 0 Å². The molecular weight excluding hydrogens is 403 g/mol. The van der Waals surface area contributed by atoms with E-state index in [0.29, 0.717) is 6.42 Å². The molecule has 2 fully saturated rings. The van der Waals surface area contributed by atoms with Gasteiger partial charge in [0.1, 0.15) is 5.54 Å². The van der Waals surface area contributed by atoms with Gasteiger partial charge in [-0.05, 0) is 31.1 Å². The summed E-state index contributed by atoms with van der Waals surface area (Å²) < 4.78 is 0. The van der Waals surface area contributed by atoms with E-state index in [1.807, 2.05) is 19.3 Å². The van der Waals surface area contributed by atoms with E-state index in [0.717, 1.165) is 38.5 Å². The molecule has 2 aliphatic rings. The predicted octanol–water partition coefficient (Wildman–Crippen LogP) is 0.157. The summed E-state index contributed by atoms with van der Waals surface area (Å²) in [6.07, 6.45) is 7.91. The molecule has 1 aliphatic heterocycles. The van der Waals surface area contributed by atoms with Crippen LogP contribution in [-0.2, 0) is 4.79 Å². The Morgan fingerprint density at radius 3 is 2.55 bits per heavy atom. The largest absolute Gasteiger partial charge is 0.453 e. The van der Waals surface area contributed by atoms with E-state index < -0.39 is 17.7 Å². The van der Waals surface area contributed by atoms with Crippen molar-refractivity contribution in [1.82, 2.24) is 16.1 Å². The topological polar surface area (TPSA) is 185 Å². The van der Waals surface area contributed by atoms with Gasteiger partial charge >= 0.3 is 7.12 Å². The summed E-state index contributed by atoms with van der Waals surface area (Å²) in [6, 6.07) is -0.278. The summed E-state index contributed by atoms with van der Waals surface area (Å²) in [4.78, 5) is 28.0. The number of rotatable bonds is 9. The first-order valence-electron chi connectivity index (χ1n) is 11.3. The second-order valence-corrected chi connectivity index (χ2v) is 9.07. The van der Waals surface area contributed by atoms with Gasteiger partial charge in [0.05, 0.1) is 0 Å². The van der Waals surface area contributed by atoms with Crippen molar-refractivity contribution in [2.75, 3.05) is 6.54 Å². The number of hydrogen-bond acceptors (Lipinski definition) is 7. The number of nitrogens with two attached hydrogens (primary N) is 1. The molecule has 0 aromatic heterocycles. The van der Waals surface area contributed by atoms with E-state index in [1.165, 1.54) is 6.42 Å². The van der Waals surface area contributed by atoms with Crippen LogP contribution in [0.5, 0.6) is 0 Å². The highest BCUT2D eigenvalue weighted by molar-refractivity contribution is 6.41. The zero-order valence-electron chi connectivity index (χ0n) is 18.5. The Morgan fingerprint density at radius 1 is 1.29 bits per heavy atom. The lowest BCUT2D eigenvalue weighted by Gasteiger charge is -2.30. The molecule has 12 heteroatoms. The minimum atomic E-state index is -1.49. The number of amides is 1. The molecule has 0 radical (unpaired) electrons. The van der Waals surface area contributed by atoms with Gasteiger partial charge in [-0.25, -0.2) is 15.1 Å². The third-order valence-corrected chi connectivity index (χ3v) is 6.50. The maximum atomic E-state index is 13.5. The number of fused-ring (bicyclic) bond motifs is 1. The molecule has 3 unspecified atom stereocenters. The predicted molar refractivity (Wildman–Crippen MR) is 118 cm³/mol. The third-order valence-electron chi connectivity index (χ3n) is 6.50. The lowest BCUT2D eigenvalue weighted by Crippen LogP contribution is -2.52. The SMILES string of the molecule is CC(C)[C@H](CB(O)O)NC(=O)C12NC1CCCCCCCC2CCN=C(N)N[N+](=O)[O-]. The van der Waals surface area contributed by atoms with Crippen LogP contribution in [-0.4, -0.2) is 58.2 Å². The quantitative estimate of drug-likeness (QED) is 0.0731. The van der Waals surface area contributed by atoms with Crippen molar-refractivity contribution in [2.45, 2.75) is 89.2 Å². The van der Waals surface area contributed by atoms with Gasteiger partial charge in [-0.3, -0.25) is 10.1 Å². The fourth-order valence-electron chi connectivity index (χ4n) is 4.71. The van der Waals surface area contributed by atoms with Crippen LogP contribution >= 0.6 is 0 Å². The van der Waals surface area contributed by atoms with E-state index in [-0.39, 0.29) is 48.7 Å². The van der Waals surface area contributed by atoms with Gasteiger partial charge in [0.2, 0.25) is 5.91 Å². The van der Waals surface area contributed by atoms with E-state index in [1.54, 1.807) is 0 Å². The Hall–Kier alpha value is -1.92. The molecule has 1 aliphatic carbocycles. The van der Waals surface area contributed by atoms with Gasteiger partial charge in [-0.2, -0.15) is 0 Å². The molecular formula is C19H37BN6O5. The van der Waals surface area contributed by atoms with Crippen molar-refractivity contribution in [3.8, 4) is 0 Å². The summed E-state index contributed by atoms with van der Waals surface area (Å²) in [6.45, 7) is 4.16. The third kappa shape index (κ3) is 7.32. The summed E-state index contributed by atoms with van der Waals surface area (Å²) in [5.74, 6) is -0.298. The van der Waals surface area contributed by atoms with Crippen molar-refractivity contribution < 1.29 is 19.9 Å². The maximum Gasteiger partial charge on any atom is 0.453 e. The van der Waals surface area contributed by atoms with E-state index in [4.69, 9.17) is 5.73 Å². The van der Waals surface area contributed by atoms with Crippen LogP contribution in [0.4, 0.5) is 0 Å². The average molecular weight is 440 g/mol. The molecule has 4 atom stereocenters. The molecule has 1 amide bonds. The number of carbonyl (C=O) groups excluding carboxylic acids is 1. The number of aliphatic imine (C=N–C) groups is 1.